The third kappa shape index (κ3) is 9.00. The van der Waals surface area contributed by atoms with E-state index >= 15 is 0 Å². The van der Waals surface area contributed by atoms with E-state index in [1.807, 2.05) is 0 Å². The van der Waals surface area contributed by atoms with Crippen molar-refractivity contribution in [2.45, 2.75) is 0 Å². The summed E-state index contributed by atoms with van der Waals surface area (Å²) in [5, 5.41) is 0. The molecule has 0 radical (unpaired) electrons. The van der Waals surface area contributed by atoms with E-state index in [9.17, 15) is 0 Å². The second-order valence-electron chi connectivity index (χ2n) is 0. The largest absolute Gasteiger partial charge is 0 e. The maximum atomic E-state index is 0. The Bertz CT molecular complexity index is 11.6. The number of hydrogen-bond acceptors (Lipinski definition) is 0. The molecule has 0 rings (SSSR count). The minimum Gasteiger partial charge on any atom is 0 e. The molecule has 0 aromatic rings. The van der Waals surface area contributed by atoms with Gasteiger partial charge in [-0.2, -0.15) is 0 Å². The van der Waals surface area contributed by atoms with Gasteiger partial charge in [0.25, 0.3) is 0 Å². The molecule has 0 bridgehead atoms. The van der Waals surface area contributed by atoms with Crippen LogP contribution in [0.1, 0.15) is 1.43 Å². The summed E-state index contributed by atoms with van der Waals surface area (Å²) < 4.78 is 0. The molecule has 0 saturated heterocycles. The maximum absolute atomic E-state index is 0. The van der Waals surface area contributed by atoms with Crippen LogP contribution < -0.4 is 51.4 Å². The van der Waals surface area contributed by atoms with E-state index in [0.717, 1.165) is 0 Å². The van der Waals surface area contributed by atoms with Gasteiger partial charge in [-0.25, -0.2) is 0 Å². The summed E-state index contributed by atoms with van der Waals surface area (Å²) in [6, 6.07) is 0. The second-order valence-corrected chi connectivity index (χ2v) is 0. The smallest absolute Gasteiger partial charge is 0 e. The van der Waals surface area contributed by atoms with Crippen LogP contribution in [0.15, 0.2) is 0 Å². The van der Waals surface area contributed by atoms with E-state index in [-0.39, 0.29) is 106 Å². The topological polar surface area (TPSA) is 0 Å². The summed E-state index contributed by atoms with van der Waals surface area (Å²) in [7, 11) is 0. The quantitative estimate of drug-likeness (QED) is 0.382. The van der Waals surface area contributed by atoms with E-state index in [1.54, 1.807) is 0 Å². The molecule has 0 unspecified atom stereocenters. The van der Waals surface area contributed by atoms with Gasteiger partial charge in [0.05, 0.1) is 0 Å². The molecule has 0 saturated carbocycles. The van der Waals surface area contributed by atoms with E-state index < -0.39 is 0 Å². The average molecular weight is 242 g/mol. The van der Waals surface area contributed by atoms with Crippen LogP contribution in [0.3, 0.4) is 0 Å². The first-order valence-electron chi connectivity index (χ1n) is 0. The molecule has 0 N–H and O–H groups in total. The molecular formula is H3FeKSeZn. The molecule has 20 valence electrons. The minimum atomic E-state index is 0. The van der Waals surface area contributed by atoms with Crippen LogP contribution in [0, 0.1) is 0 Å². The SMILES string of the molecule is [Fe].[H-].[K+].[SeH2].[Zn]. The fourth-order valence-electron chi connectivity index (χ4n) is 0. The van der Waals surface area contributed by atoms with Crippen molar-refractivity contribution in [3.05, 3.63) is 0 Å². The summed E-state index contributed by atoms with van der Waals surface area (Å²) >= 11 is 0. The summed E-state index contributed by atoms with van der Waals surface area (Å²) in [6.07, 6.45) is 0. The Hall–Kier alpha value is 3.30. The van der Waals surface area contributed by atoms with Crippen molar-refractivity contribution in [1.82, 2.24) is 0 Å². The number of rotatable bonds is 0. The molecule has 0 nitrogen and oxygen atoms in total. The van der Waals surface area contributed by atoms with E-state index in [4.69, 9.17) is 0 Å². The number of hydrogen-bond donors (Lipinski definition) is 0. The minimum absolute atomic E-state index is 0. The van der Waals surface area contributed by atoms with Gasteiger partial charge in [-0.1, -0.05) is 0 Å². The average Bonchev–Trinajstić information content (AvgIpc) is 0. The van der Waals surface area contributed by atoms with Crippen molar-refractivity contribution in [3.63, 3.8) is 0 Å². The van der Waals surface area contributed by atoms with E-state index in [2.05, 4.69) is 0 Å². The first-order chi connectivity index (χ1) is 0. The zero-order chi connectivity index (χ0) is 0. The van der Waals surface area contributed by atoms with Crippen molar-refractivity contribution in [1.29, 1.82) is 0 Å². The summed E-state index contributed by atoms with van der Waals surface area (Å²) in [5.41, 5.74) is 0. The molecular weight excluding hydrogens is 239 g/mol. The van der Waals surface area contributed by atoms with Gasteiger partial charge in [-0.3, -0.25) is 0 Å². The van der Waals surface area contributed by atoms with Gasteiger partial charge in [-0.05, 0) is 0 Å². The molecule has 0 aliphatic heterocycles. The third-order valence-corrected chi connectivity index (χ3v) is 0. The Kier molecular flexibility index (Phi) is 108. The van der Waals surface area contributed by atoms with Crippen molar-refractivity contribution >= 4 is 17.1 Å². The van der Waals surface area contributed by atoms with Crippen LogP contribution in [0.2, 0.25) is 0 Å². The third-order valence-electron chi connectivity index (χ3n) is 0. The monoisotopic (exact) mass is 242 g/mol. The molecule has 0 aliphatic carbocycles. The van der Waals surface area contributed by atoms with Gasteiger partial charge in [0.15, 0.2) is 0 Å². The van der Waals surface area contributed by atoms with Gasteiger partial charge in [-0.15, -0.1) is 0 Å². The van der Waals surface area contributed by atoms with Gasteiger partial charge in [0, 0.05) is 36.5 Å². The normalized spacial score (nSPS) is 0. The van der Waals surface area contributed by atoms with Crippen LogP contribution >= 0.6 is 0 Å². The Morgan fingerprint density at radius 3 is 1.25 bits per heavy atom. The van der Waals surface area contributed by atoms with E-state index in [0.29, 0.717) is 0 Å². The zero-order valence-corrected chi connectivity index (χ0v) is 11.9. The second kappa shape index (κ2) is 16.3. The Morgan fingerprint density at radius 1 is 1.25 bits per heavy atom. The molecule has 4 heteroatoms. The van der Waals surface area contributed by atoms with Crippen LogP contribution in [-0.2, 0) is 36.5 Å². The Labute approximate surface area is 104 Å². The van der Waals surface area contributed by atoms with Gasteiger partial charge in [0.2, 0.25) is 0 Å². The first-order valence-corrected chi connectivity index (χ1v) is 0. The fraction of sp³-hybridized carbons (Fsp3) is 0. The Balaban J connectivity index is 0. The fourth-order valence-corrected chi connectivity index (χ4v) is 0. The maximum Gasteiger partial charge on any atom is 0 e. The predicted molar refractivity (Wildman–Crippen MR) is 9.66 cm³/mol. The predicted octanol–water partition coefficient (Wildman–Crippen LogP) is -3.80. The standard InChI is InChI=1S/Fe.K.H2Se.Zn.H/h;;1H2;;/q;+1;;;-1. The molecule has 0 aliphatic rings. The molecule has 0 aromatic heterocycles. The van der Waals surface area contributed by atoms with Crippen molar-refractivity contribution in [2.75, 3.05) is 0 Å². The molecule has 4 heavy (non-hydrogen) atoms. The molecule has 0 atom stereocenters. The van der Waals surface area contributed by atoms with Crippen molar-refractivity contribution < 1.29 is 89.4 Å². The van der Waals surface area contributed by atoms with Crippen LogP contribution in [-0.4, -0.2) is 17.1 Å². The summed E-state index contributed by atoms with van der Waals surface area (Å²) in [5.74, 6) is 0. The summed E-state index contributed by atoms with van der Waals surface area (Å²) in [4.78, 5) is 0. The molecule has 0 amide bonds. The van der Waals surface area contributed by atoms with E-state index in [1.165, 1.54) is 0 Å². The molecule has 0 aromatic carbocycles. The van der Waals surface area contributed by atoms with Gasteiger partial charge in [0.1, 0.15) is 0 Å². The molecule has 0 heterocycles. The van der Waals surface area contributed by atoms with Crippen molar-refractivity contribution in [2.24, 2.45) is 0 Å². The zero-order valence-electron chi connectivity index (χ0n) is 3.56. The van der Waals surface area contributed by atoms with Crippen LogP contribution in [0.25, 0.3) is 0 Å². The summed E-state index contributed by atoms with van der Waals surface area (Å²) in [6.45, 7) is 0. The molecule has 0 spiro atoms. The first kappa shape index (κ1) is 26.6. The van der Waals surface area contributed by atoms with Crippen molar-refractivity contribution in [3.8, 4) is 0 Å². The van der Waals surface area contributed by atoms with Crippen LogP contribution in [0.5, 0.6) is 0 Å². The van der Waals surface area contributed by atoms with Gasteiger partial charge < -0.3 is 1.43 Å². The molecule has 0 fully saturated rings. The van der Waals surface area contributed by atoms with Crippen LogP contribution in [0.4, 0.5) is 0 Å². The van der Waals surface area contributed by atoms with Gasteiger partial charge >= 0.3 is 68.5 Å². The Morgan fingerprint density at radius 2 is 1.25 bits per heavy atom.